The van der Waals surface area contributed by atoms with Crippen LogP contribution < -0.4 is 5.32 Å². The normalized spacial score (nSPS) is 13.8. The molecule has 106 valence electrons. The molecule has 2 N–H and O–H groups in total. The fourth-order valence-electron chi connectivity index (χ4n) is 1.76. The first-order chi connectivity index (χ1) is 9.61. The van der Waals surface area contributed by atoms with Crippen LogP contribution in [0.2, 0.25) is 5.02 Å². The second-order valence-corrected chi connectivity index (χ2v) is 4.78. The topological polar surface area (TPSA) is 80.0 Å². The molecule has 0 saturated carbocycles. The number of carbonyl (C=O) groups is 1. The van der Waals surface area contributed by atoms with Gasteiger partial charge in [-0.05, 0) is 24.6 Å². The van der Waals surface area contributed by atoms with E-state index in [1.165, 1.54) is 17.3 Å². The fraction of sp³-hybridized carbons (Fsp3) is 0.308. The van der Waals surface area contributed by atoms with Crippen LogP contribution in [-0.2, 0) is 4.79 Å². The first-order valence-corrected chi connectivity index (χ1v) is 6.50. The molecule has 0 aliphatic rings. The lowest BCUT2D eigenvalue weighted by Crippen LogP contribution is -2.35. The van der Waals surface area contributed by atoms with Crippen molar-refractivity contribution in [1.29, 1.82) is 0 Å². The van der Waals surface area contributed by atoms with Gasteiger partial charge in [0.2, 0.25) is 5.91 Å². The molecule has 0 bridgehead atoms. The van der Waals surface area contributed by atoms with Crippen LogP contribution in [-0.4, -0.2) is 32.4 Å². The van der Waals surface area contributed by atoms with Gasteiger partial charge < -0.3 is 10.4 Å². The monoisotopic (exact) mass is 294 g/mol. The zero-order chi connectivity index (χ0) is 14.5. The Morgan fingerprint density at radius 3 is 2.70 bits per heavy atom. The molecular formula is C13H15ClN4O2. The summed E-state index contributed by atoms with van der Waals surface area (Å²) in [5.74, 6) is -0.246. The predicted molar refractivity (Wildman–Crippen MR) is 74.2 cm³/mol. The van der Waals surface area contributed by atoms with E-state index in [2.05, 4.69) is 15.4 Å². The number of hydrogen-bond acceptors (Lipinski definition) is 4. The van der Waals surface area contributed by atoms with Gasteiger partial charge in [0.1, 0.15) is 18.7 Å². The number of aliphatic hydroxyl groups excluding tert-OH is 1. The smallest absolute Gasteiger partial charge is 0.245 e. The summed E-state index contributed by atoms with van der Waals surface area (Å²) in [5, 5.41) is 16.7. The highest BCUT2D eigenvalue weighted by molar-refractivity contribution is 6.30. The second kappa shape index (κ2) is 6.49. The van der Waals surface area contributed by atoms with Crippen molar-refractivity contribution in [1.82, 2.24) is 20.1 Å². The molecule has 1 aromatic carbocycles. The highest BCUT2D eigenvalue weighted by atomic mass is 35.5. The van der Waals surface area contributed by atoms with Crippen molar-refractivity contribution in [2.75, 3.05) is 6.61 Å². The number of carbonyl (C=O) groups excluding carboxylic acids is 1. The molecule has 2 unspecified atom stereocenters. The molecule has 1 aromatic heterocycles. The minimum Gasteiger partial charge on any atom is -0.394 e. The third kappa shape index (κ3) is 3.34. The molecule has 20 heavy (non-hydrogen) atoms. The van der Waals surface area contributed by atoms with Crippen molar-refractivity contribution in [2.45, 2.75) is 19.0 Å². The van der Waals surface area contributed by atoms with E-state index in [-0.39, 0.29) is 12.5 Å². The Labute approximate surface area is 121 Å². The van der Waals surface area contributed by atoms with Gasteiger partial charge in [-0.1, -0.05) is 23.7 Å². The second-order valence-electron chi connectivity index (χ2n) is 4.35. The Morgan fingerprint density at radius 1 is 1.45 bits per heavy atom. The number of benzene rings is 1. The fourth-order valence-corrected chi connectivity index (χ4v) is 1.89. The van der Waals surface area contributed by atoms with Gasteiger partial charge in [-0.15, -0.1) is 0 Å². The quantitative estimate of drug-likeness (QED) is 0.872. The number of amides is 1. The van der Waals surface area contributed by atoms with E-state index in [9.17, 15) is 9.90 Å². The number of halogens is 1. The molecule has 7 heteroatoms. The van der Waals surface area contributed by atoms with E-state index in [0.29, 0.717) is 5.02 Å². The molecule has 0 aliphatic carbocycles. The summed E-state index contributed by atoms with van der Waals surface area (Å²) in [6, 6.07) is 5.98. The maximum absolute atomic E-state index is 12.1. The van der Waals surface area contributed by atoms with Crippen LogP contribution in [0.25, 0.3) is 0 Å². The minimum absolute atomic E-state index is 0.197. The lowest BCUT2D eigenvalue weighted by molar-refractivity contribution is -0.125. The van der Waals surface area contributed by atoms with E-state index in [0.717, 1.165) is 5.56 Å². The van der Waals surface area contributed by atoms with Crippen LogP contribution in [0, 0.1) is 0 Å². The van der Waals surface area contributed by atoms with Gasteiger partial charge in [0.15, 0.2) is 0 Å². The summed E-state index contributed by atoms with van der Waals surface area (Å²) in [7, 11) is 0. The summed E-state index contributed by atoms with van der Waals surface area (Å²) >= 11 is 5.81. The van der Waals surface area contributed by atoms with E-state index < -0.39 is 12.1 Å². The van der Waals surface area contributed by atoms with Gasteiger partial charge in [0.05, 0.1) is 12.6 Å². The number of nitrogens with zero attached hydrogens (tertiary/aromatic N) is 3. The largest absolute Gasteiger partial charge is 0.394 e. The highest BCUT2D eigenvalue weighted by Crippen LogP contribution is 2.17. The molecule has 0 radical (unpaired) electrons. The summed E-state index contributed by atoms with van der Waals surface area (Å²) in [6.45, 7) is 1.51. The lowest BCUT2D eigenvalue weighted by Gasteiger charge is -2.19. The van der Waals surface area contributed by atoms with Crippen molar-refractivity contribution < 1.29 is 9.90 Å². The Morgan fingerprint density at radius 2 is 2.15 bits per heavy atom. The standard InChI is InChI=1S/C13H15ClN4O2/c1-9(18-8-15-7-16-18)13(20)17-12(6-19)10-2-4-11(14)5-3-10/h2-5,7-9,12,19H,6H2,1H3,(H,17,20). The summed E-state index contributed by atoms with van der Waals surface area (Å²) in [6.07, 6.45) is 2.84. The van der Waals surface area contributed by atoms with Gasteiger partial charge in [0, 0.05) is 5.02 Å². The molecule has 0 fully saturated rings. The van der Waals surface area contributed by atoms with Gasteiger partial charge in [0.25, 0.3) is 0 Å². The van der Waals surface area contributed by atoms with E-state index >= 15 is 0 Å². The first-order valence-electron chi connectivity index (χ1n) is 6.12. The number of rotatable bonds is 5. The van der Waals surface area contributed by atoms with Crippen molar-refractivity contribution >= 4 is 17.5 Å². The molecule has 0 saturated heterocycles. The van der Waals surface area contributed by atoms with E-state index in [1.54, 1.807) is 31.2 Å². The number of aliphatic hydroxyl groups is 1. The van der Waals surface area contributed by atoms with Crippen LogP contribution >= 0.6 is 11.6 Å². The third-order valence-electron chi connectivity index (χ3n) is 2.98. The minimum atomic E-state index is -0.501. The van der Waals surface area contributed by atoms with Crippen molar-refractivity contribution in [2.24, 2.45) is 0 Å². The van der Waals surface area contributed by atoms with Crippen molar-refractivity contribution in [3.63, 3.8) is 0 Å². The molecule has 0 aliphatic heterocycles. The average Bonchev–Trinajstić information content (AvgIpc) is 2.99. The van der Waals surface area contributed by atoms with Gasteiger partial charge in [-0.2, -0.15) is 5.10 Å². The molecule has 6 nitrogen and oxygen atoms in total. The summed E-state index contributed by atoms with van der Waals surface area (Å²) in [4.78, 5) is 15.9. The molecule has 1 heterocycles. The zero-order valence-corrected chi connectivity index (χ0v) is 11.7. The van der Waals surface area contributed by atoms with Crippen LogP contribution in [0.1, 0.15) is 24.6 Å². The van der Waals surface area contributed by atoms with E-state index in [4.69, 9.17) is 11.6 Å². The SMILES string of the molecule is CC(C(=O)NC(CO)c1ccc(Cl)cc1)n1cncn1. The maximum atomic E-state index is 12.1. The average molecular weight is 295 g/mol. The third-order valence-corrected chi connectivity index (χ3v) is 3.24. The van der Waals surface area contributed by atoms with Crippen LogP contribution in [0.4, 0.5) is 0 Å². The van der Waals surface area contributed by atoms with Crippen LogP contribution in [0.5, 0.6) is 0 Å². The predicted octanol–water partition coefficient (Wildman–Crippen LogP) is 1.34. The molecule has 2 aromatic rings. The highest BCUT2D eigenvalue weighted by Gasteiger charge is 2.20. The van der Waals surface area contributed by atoms with Crippen LogP contribution in [0.15, 0.2) is 36.9 Å². The summed E-state index contributed by atoms with van der Waals surface area (Å²) < 4.78 is 1.45. The maximum Gasteiger partial charge on any atom is 0.245 e. The zero-order valence-electron chi connectivity index (χ0n) is 10.9. The van der Waals surface area contributed by atoms with Gasteiger partial charge in [-0.25, -0.2) is 9.67 Å². The Kier molecular flexibility index (Phi) is 4.70. The molecule has 2 rings (SSSR count). The number of nitrogens with one attached hydrogen (secondary N) is 1. The van der Waals surface area contributed by atoms with Crippen molar-refractivity contribution in [3.05, 3.63) is 47.5 Å². The Hall–Kier alpha value is -1.92. The number of hydrogen-bond donors (Lipinski definition) is 2. The van der Waals surface area contributed by atoms with Crippen LogP contribution in [0.3, 0.4) is 0 Å². The first kappa shape index (κ1) is 14.5. The number of aromatic nitrogens is 3. The lowest BCUT2D eigenvalue weighted by atomic mass is 10.1. The van der Waals surface area contributed by atoms with Gasteiger partial charge >= 0.3 is 0 Å². The molecule has 0 spiro atoms. The van der Waals surface area contributed by atoms with E-state index in [1.807, 2.05) is 0 Å². The van der Waals surface area contributed by atoms with Crippen molar-refractivity contribution in [3.8, 4) is 0 Å². The molecule has 2 atom stereocenters. The summed E-state index contributed by atoms with van der Waals surface area (Å²) in [5.41, 5.74) is 0.788. The molecule has 1 amide bonds. The Balaban J connectivity index is 2.06. The molecular weight excluding hydrogens is 280 g/mol. The Bertz CT molecular complexity index is 556. The van der Waals surface area contributed by atoms with Gasteiger partial charge in [-0.3, -0.25) is 4.79 Å².